The summed E-state index contributed by atoms with van der Waals surface area (Å²) in [6.45, 7) is 2.75. The highest BCUT2D eigenvalue weighted by molar-refractivity contribution is 6.30. The maximum absolute atomic E-state index is 12.9. The van der Waals surface area contributed by atoms with E-state index < -0.39 is 5.82 Å². The Labute approximate surface area is 100 Å². The first kappa shape index (κ1) is 13.1. The highest BCUT2D eigenvalue weighted by Crippen LogP contribution is 2.16. The Morgan fingerprint density at radius 2 is 2.19 bits per heavy atom. The van der Waals surface area contributed by atoms with Gasteiger partial charge in [0.2, 0.25) is 0 Å². The second kappa shape index (κ2) is 5.97. The third kappa shape index (κ3) is 4.29. The molecule has 0 aliphatic rings. The number of carbonyl (C=O) groups excluding carboxylic acids is 1. The molecule has 16 heavy (non-hydrogen) atoms. The van der Waals surface area contributed by atoms with Crippen LogP contribution in [-0.2, 0) is 11.2 Å². The van der Waals surface area contributed by atoms with Gasteiger partial charge < -0.3 is 0 Å². The molecule has 0 spiro atoms. The van der Waals surface area contributed by atoms with Gasteiger partial charge in [-0.05, 0) is 38.1 Å². The highest BCUT2D eigenvalue weighted by atomic mass is 35.5. The Morgan fingerprint density at radius 3 is 2.75 bits per heavy atom. The number of likely N-dealkylation sites (N-methyl/N-ethyl adjacent to an activating group) is 1. The molecule has 0 amide bonds. The average Bonchev–Trinajstić information content (AvgIpc) is 2.19. The predicted octanol–water partition coefficient (Wildman–Crippen LogP) is 2.54. The van der Waals surface area contributed by atoms with Gasteiger partial charge in [0.05, 0.1) is 11.6 Å². The van der Waals surface area contributed by atoms with Crippen molar-refractivity contribution in [1.29, 1.82) is 0 Å². The van der Waals surface area contributed by atoms with E-state index in [0.717, 1.165) is 18.5 Å². The summed E-state index contributed by atoms with van der Waals surface area (Å²) in [6, 6.07) is 4.70. The number of carbonyl (C=O) groups is 1. The van der Waals surface area contributed by atoms with Crippen molar-refractivity contribution in [2.24, 2.45) is 0 Å². The van der Waals surface area contributed by atoms with Crippen LogP contribution in [0.25, 0.3) is 0 Å². The fourth-order valence-corrected chi connectivity index (χ4v) is 1.68. The normalized spacial score (nSPS) is 10.8. The number of benzene rings is 1. The van der Waals surface area contributed by atoms with Gasteiger partial charge in [0.1, 0.15) is 11.6 Å². The Morgan fingerprint density at radius 1 is 1.50 bits per heavy atom. The number of nitrogens with zero attached hydrogens (tertiary/aromatic N) is 1. The van der Waals surface area contributed by atoms with Gasteiger partial charge in [-0.25, -0.2) is 4.39 Å². The zero-order valence-corrected chi connectivity index (χ0v) is 10.2. The molecule has 1 rings (SSSR count). The second-order valence-electron chi connectivity index (χ2n) is 3.94. The van der Waals surface area contributed by atoms with Crippen molar-refractivity contribution < 1.29 is 9.18 Å². The first-order valence-electron chi connectivity index (χ1n) is 5.11. The predicted molar refractivity (Wildman–Crippen MR) is 63.3 cm³/mol. The minimum atomic E-state index is -0.400. The Bertz CT molecular complexity index is 381. The van der Waals surface area contributed by atoms with E-state index in [1.807, 2.05) is 11.9 Å². The van der Waals surface area contributed by atoms with Crippen molar-refractivity contribution in [2.75, 3.05) is 20.1 Å². The fraction of sp³-hybridized carbons (Fsp3) is 0.417. The summed E-state index contributed by atoms with van der Waals surface area (Å²) in [5.41, 5.74) is 0.974. The number of hydrogen-bond donors (Lipinski definition) is 0. The zero-order valence-electron chi connectivity index (χ0n) is 9.46. The molecule has 2 nitrogen and oxygen atoms in total. The number of hydrogen-bond acceptors (Lipinski definition) is 2. The van der Waals surface area contributed by atoms with Crippen LogP contribution in [0.4, 0.5) is 4.39 Å². The Hall–Kier alpha value is -0.930. The van der Waals surface area contributed by atoms with Gasteiger partial charge in [0.15, 0.2) is 0 Å². The van der Waals surface area contributed by atoms with Crippen LogP contribution in [0.5, 0.6) is 0 Å². The third-order valence-electron chi connectivity index (χ3n) is 2.26. The monoisotopic (exact) mass is 243 g/mol. The Kier molecular flexibility index (Phi) is 4.90. The molecule has 1 aromatic carbocycles. The lowest BCUT2D eigenvalue weighted by Gasteiger charge is -2.14. The van der Waals surface area contributed by atoms with Gasteiger partial charge >= 0.3 is 0 Å². The summed E-state index contributed by atoms with van der Waals surface area (Å²) in [6.07, 6.45) is 0.754. The molecule has 0 radical (unpaired) electrons. The molecule has 0 aliphatic heterocycles. The molecule has 0 saturated heterocycles. The molecule has 88 valence electrons. The lowest BCUT2D eigenvalue weighted by Crippen LogP contribution is -2.26. The highest BCUT2D eigenvalue weighted by Gasteiger charge is 2.04. The smallest absolute Gasteiger partial charge is 0.143 e. The quantitative estimate of drug-likeness (QED) is 0.792. The Balaban J connectivity index is 2.48. The fourth-order valence-electron chi connectivity index (χ4n) is 1.47. The standard InChI is InChI=1S/C12H15ClFNO/c1-9(16)8-15(2)6-5-10-3-4-12(14)11(13)7-10/h3-4,7H,5-6,8H2,1-2H3. The maximum Gasteiger partial charge on any atom is 0.143 e. The first-order chi connectivity index (χ1) is 7.49. The van der Waals surface area contributed by atoms with Gasteiger partial charge in [0.25, 0.3) is 0 Å². The van der Waals surface area contributed by atoms with Gasteiger partial charge in [-0.2, -0.15) is 0 Å². The van der Waals surface area contributed by atoms with Crippen LogP contribution in [0, 0.1) is 5.82 Å². The maximum atomic E-state index is 12.9. The number of Topliss-reactive ketones (excluding diaryl/α,β-unsaturated/α-hetero) is 1. The van der Waals surface area contributed by atoms with Crippen LogP contribution in [-0.4, -0.2) is 30.8 Å². The summed E-state index contributed by atoms with van der Waals surface area (Å²) in [4.78, 5) is 12.8. The summed E-state index contributed by atoms with van der Waals surface area (Å²) < 4.78 is 12.9. The molecule has 0 bridgehead atoms. The van der Waals surface area contributed by atoms with Crippen molar-refractivity contribution in [3.05, 3.63) is 34.6 Å². The molecule has 0 heterocycles. The van der Waals surface area contributed by atoms with Crippen LogP contribution in [0.2, 0.25) is 5.02 Å². The molecule has 1 aromatic rings. The second-order valence-corrected chi connectivity index (χ2v) is 4.35. The van der Waals surface area contributed by atoms with Crippen molar-refractivity contribution in [1.82, 2.24) is 4.90 Å². The van der Waals surface area contributed by atoms with Crippen molar-refractivity contribution >= 4 is 17.4 Å². The van der Waals surface area contributed by atoms with E-state index in [4.69, 9.17) is 11.6 Å². The van der Waals surface area contributed by atoms with E-state index in [9.17, 15) is 9.18 Å². The van der Waals surface area contributed by atoms with Crippen LogP contribution < -0.4 is 0 Å². The van der Waals surface area contributed by atoms with E-state index in [1.54, 1.807) is 19.1 Å². The molecule has 0 aliphatic carbocycles. The van der Waals surface area contributed by atoms with Crippen LogP contribution >= 0.6 is 11.6 Å². The number of ketones is 1. The number of rotatable bonds is 5. The van der Waals surface area contributed by atoms with E-state index in [-0.39, 0.29) is 10.8 Å². The summed E-state index contributed by atoms with van der Waals surface area (Å²) in [7, 11) is 1.88. The van der Waals surface area contributed by atoms with Crippen LogP contribution in [0.15, 0.2) is 18.2 Å². The van der Waals surface area contributed by atoms with Crippen LogP contribution in [0.1, 0.15) is 12.5 Å². The third-order valence-corrected chi connectivity index (χ3v) is 2.55. The largest absolute Gasteiger partial charge is 0.299 e. The molecular weight excluding hydrogens is 229 g/mol. The van der Waals surface area contributed by atoms with E-state index in [1.165, 1.54) is 6.07 Å². The molecule has 0 saturated carbocycles. The molecule has 0 fully saturated rings. The van der Waals surface area contributed by atoms with E-state index >= 15 is 0 Å². The zero-order chi connectivity index (χ0) is 12.1. The number of halogens is 2. The van der Waals surface area contributed by atoms with Gasteiger partial charge in [-0.15, -0.1) is 0 Å². The van der Waals surface area contributed by atoms with Gasteiger partial charge in [0, 0.05) is 6.54 Å². The molecular formula is C12H15ClFNO. The van der Waals surface area contributed by atoms with Crippen molar-refractivity contribution in [2.45, 2.75) is 13.3 Å². The van der Waals surface area contributed by atoms with Crippen LogP contribution in [0.3, 0.4) is 0 Å². The molecule has 0 atom stereocenters. The van der Waals surface area contributed by atoms with Gasteiger partial charge in [-0.1, -0.05) is 17.7 Å². The van der Waals surface area contributed by atoms with Gasteiger partial charge in [-0.3, -0.25) is 9.69 Å². The topological polar surface area (TPSA) is 20.3 Å². The van der Waals surface area contributed by atoms with E-state index in [0.29, 0.717) is 6.54 Å². The molecule has 4 heteroatoms. The summed E-state index contributed by atoms with van der Waals surface area (Å²) in [5.74, 6) is -0.262. The first-order valence-corrected chi connectivity index (χ1v) is 5.48. The summed E-state index contributed by atoms with van der Waals surface area (Å²) >= 11 is 5.67. The minimum Gasteiger partial charge on any atom is -0.299 e. The molecule has 0 unspecified atom stereocenters. The SMILES string of the molecule is CC(=O)CN(C)CCc1ccc(F)c(Cl)c1. The molecule has 0 N–H and O–H groups in total. The lowest BCUT2D eigenvalue weighted by atomic mass is 10.1. The van der Waals surface area contributed by atoms with Crippen molar-refractivity contribution in [3.63, 3.8) is 0 Å². The average molecular weight is 244 g/mol. The summed E-state index contributed by atoms with van der Waals surface area (Å²) in [5, 5.41) is 0.145. The minimum absolute atomic E-state index is 0.139. The van der Waals surface area contributed by atoms with Crippen molar-refractivity contribution in [3.8, 4) is 0 Å². The van der Waals surface area contributed by atoms with E-state index in [2.05, 4.69) is 0 Å². The molecule has 0 aromatic heterocycles. The lowest BCUT2D eigenvalue weighted by molar-refractivity contribution is -0.117.